The molecule has 0 unspecified atom stereocenters. The first-order valence-corrected chi connectivity index (χ1v) is 11.2. The number of halogens is 1. The minimum atomic E-state index is -1.59. The highest BCUT2D eigenvalue weighted by atomic mass is 79.9. The van der Waals surface area contributed by atoms with Crippen molar-refractivity contribution in [3.8, 4) is 0 Å². The third-order valence-corrected chi connectivity index (χ3v) is 6.37. The zero-order chi connectivity index (χ0) is 22.4. The summed E-state index contributed by atoms with van der Waals surface area (Å²) in [4.78, 5) is 44.6. The maximum absolute atomic E-state index is 13.3. The van der Waals surface area contributed by atoms with E-state index in [1.807, 2.05) is 30.3 Å². The molecule has 0 aromatic heterocycles. The number of rotatable bonds is 10. The largest absolute Gasteiger partial charge is 0.465 e. The molecule has 0 radical (unpaired) electrons. The van der Waals surface area contributed by atoms with Crippen LogP contribution in [0.3, 0.4) is 0 Å². The summed E-state index contributed by atoms with van der Waals surface area (Å²) in [6.07, 6.45) is -0.0298. The second-order valence-electron chi connectivity index (χ2n) is 7.84. The number of amides is 1. The van der Waals surface area contributed by atoms with Gasteiger partial charge in [-0.3, -0.25) is 19.2 Å². The van der Waals surface area contributed by atoms with Crippen LogP contribution in [0, 0.1) is 16.7 Å². The van der Waals surface area contributed by atoms with Crippen LogP contribution in [-0.2, 0) is 35.3 Å². The molecule has 1 saturated heterocycles. The number of carbonyl (C=O) groups excluding carboxylic acids is 3. The number of carbonyl (C=O) groups is 3. The lowest BCUT2D eigenvalue weighted by molar-refractivity contribution is -0.189. The van der Waals surface area contributed by atoms with Gasteiger partial charge in [-0.2, -0.15) is 0 Å². The van der Waals surface area contributed by atoms with Gasteiger partial charge < -0.3 is 9.47 Å². The van der Waals surface area contributed by atoms with Crippen LogP contribution < -0.4 is 0 Å². The minimum Gasteiger partial charge on any atom is -0.465 e. The Labute approximate surface area is 186 Å². The van der Waals surface area contributed by atoms with Crippen molar-refractivity contribution in [2.75, 3.05) is 25.1 Å². The third-order valence-electron chi connectivity index (χ3n) is 5.59. The zero-order valence-corrected chi connectivity index (χ0v) is 19.6. The first kappa shape index (κ1) is 24.3. The lowest BCUT2D eigenvalue weighted by Gasteiger charge is -2.35. The van der Waals surface area contributed by atoms with E-state index in [0.29, 0.717) is 11.9 Å². The lowest BCUT2D eigenvalue weighted by atomic mass is 9.68. The Morgan fingerprint density at radius 1 is 1.17 bits per heavy atom. The van der Waals surface area contributed by atoms with Crippen LogP contribution in [-0.4, -0.2) is 48.0 Å². The van der Waals surface area contributed by atoms with Crippen molar-refractivity contribution in [2.24, 2.45) is 16.7 Å². The van der Waals surface area contributed by atoms with Crippen LogP contribution in [0.1, 0.15) is 39.7 Å². The fourth-order valence-electron chi connectivity index (χ4n) is 3.76. The average Bonchev–Trinajstić information content (AvgIpc) is 2.97. The molecule has 8 heteroatoms. The van der Waals surface area contributed by atoms with E-state index in [2.05, 4.69) is 15.9 Å². The number of ether oxygens (including phenoxy) is 2. The molecule has 30 heavy (non-hydrogen) atoms. The van der Waals surface area contributed by atoms with Crippen molar-refractivity contribution >= 4 is 33.8 Å². The number of nitrogens with zero attached hydrogens (tertiary/aromatic N) is 1. The Morgan fingerprint density at radius 2 is 1.73 bits per heavy atom. The molecule has 1 amide bonds. The molecule has 1 aromatic carbocycles. The first-order chi connectivity index (χ1) is 14.2. The molecule has 0 N–H and O–H groups in total. The van der Waals surface area contributed by atoms with E-state index in [1.54, 1.807) is 20.8 Å². The third kappa shape index (κ3) is 5.03. The Morgan fingerprint density at radius 3 is 2.23 bits per heavy atom. The molecule has 0 bridgehead atoms. The summed E-state index contributed by atoms with van der Waals surface area (Å²) in [5, 5.41) is 1.86. The van der Waals surface area contributed by atoms with Crippen molar-refractivity contribution in [3.05, 3.63) is 35.9 Å². The van der Waals surface area contributed by atoms with Crippen molar-refractivity contribution < 1.29 is 28.7 Å². The van der Waals surface area contributed by atoms with E-state index in [0.717, 1.165) is 5.56 Å². The van der Waals surface area contributed by atoms with Crippen molar-refractivity contribution in [2.45, 2.75) is 40.7 Å². The van der Waals surface area contributed by atoms with Gasteiger partial charge in [0.2, 0.25) is 0 Å². The summed E-state index contributed by atoms with van der Waals surface area (Å²) in [7, 11) is 0. The monoisotopic (exact) mass is 483 g/mol. The molecule has 7 nitrogen and oxygen atoms in total. The number of hydroxylamine groups is 2. The SMILES string of the molecule is CCOC(=O)C(C)(C[C@]1(C)C(=O)N(OCc2ccccc2)C[C@@H]1CBr)C(=O)OCC. The highest BCUT2D eigenvalue weighted by Crippen LogP contribution is 2.47. The normalized spacial score (nSPS) is 21.6. The van der Waals surface area contributed by atoms with Crippen molar-refractivity contribution in [1.82, 2.24) is 5.06 Å². The Balaban J connectivity index is 2.25. The van der Waals surface area contributed by atoms with Crippen LogP contribution >= 0.6 is 15.9 Å². The first-order valence-electron chi connectivity index (χ1n) is 10.1. The molecular formula is C22H30BrNO6. The molecule has 0 aliphatic carbocycles. The maximum Gasteiger partial charge on any atom is 0.323 e. The summed E-state index contributed by atoms with van der Waals surface area (Å²) in [5.74, 6) is -1.80. The molecule has 166 valence electrons. The fourth-order valence-corrected chi connectivity index (χ4v) is 4.68. The predicted molar refractivity (Wildman–Crippen MR) is 114 cm³/mol. The second-order valence-corrected chi connectivity index (χ2v) is 8.49. The summed E-state index contributed by atoms with van der Waals surface area (Å²) in [6.45, 7) is 7.47. The number of esters is 2. The van der Waals surface area contributed by atoms with Crippen LogP contribution in [0.2, 0.25) is 0 Å². The fraction of sp³-hybridized carbons (Fsp3) is 0.591. The smallest absolute Gasteiger partial charge is 0.323 e. The summed E-state index contributed by atoms with van der Waals surface area (Å²) in [6, 6.07) is 9.55. The molecule has 1 fully saturated rings. The van der Waals surface area contributed by atoms with Crippen LogP contribution in [0.5, 0.6) is 0 Å². The summed E-state index contributed by atoms with van der Waals surface area (Å²) in [5.41, 5.74) is -1.65. The van der Waals surface area contributed by atoms with E-state index < -0.39 is 22.8 Å². The average molecular weight is 484 g/mol. The molecular weight excluding hydrogens is 454 g/mol. The van der Waals surface area contributed by atoms with Crippen LogP contribution in [0.4, 0.5) is 0 Å². The topological polar surface area (TPSA) is 82.1 Å². The van der Waals surface area contributed by atoms with E-state index in [-0.39, 0.29) is 38.1 Å². The van der Waals surface area contributed by atoms with Crippen LogP contribution in [0.15, 0.2) is 30.3 Å². The van der Waals surface area contributed by atoms with Crippen molar-refractivity contribution in [1.29, 1.82) is 0 Å². The number of hydrogen-bond acceptors (Lipinski definition) is 6. The molecule has 1 aliphatic rings. The summed E-state index contributed by atoms with van der Waals surface area (Å²) < 4.78 is 10.3. The molecule has 1 aliphatic heterocycles. The Bertz CT molecular complexity index is 737. The minimum absolute atomic E-state index is 0.0298. The standard InChI is InChI=1S/C22H30BrNO6/c1-5-28-19(26)22(4,20(27)29-6-2)15-21(3)17(12-23)13-24(18(21)25)30-14-16-10-8-7-9-11-16/h7-11,17H,5-6,12-15H2,1-4H3/t17-,21-/m0/s1. The Hall–Kier alpha value is -1.93. The van der Waals surface area contributed by atoms with Crippen molar-refractivity contribution in [3.63, 3.8) is 0 Å². The van der Waals surface area contributed by atoms with E-state index >= 15 is 0 Å². The van der Waals surface area contributed by atoms with Gasteiger partial charge in [0.25, 0.3) is 5.91 Å². The van der Waals surface area contributed by atoms with Gasteiger partial charge in [0, 0.05) is 11.2 Å². The van der Waals surface area contributed by atoms with Crippen LogP contribution in [0.25, 0.3) is 0 Å². The van der Waals surface area contributed by atoms with Gasteiger partial charge >= 0.3 is 11.9 Å². The highest BCUT2D eigenvalue weighted by molar-refractivity contribution is 9.09. The molecule has 1 heterocycles. The van der Waals surface area contributed by atoms with Gasteiger partial charge in [-0.15, -0.1) is 0 Å². The van der Waals surface area contributed by atoms with Gasteiger partial charge in [0.15, 0.2) is 5.41 Å². The highest BCUT2D eigenvalue weighted by Gasteiger charge is 2.58. The maximum atomic E-state index is 13.3. The van der Waals surface area contributed by atoms with E-state index in [4.69, 9.17) is 14.3 Å². The molecule has 0 spiro atoms. The summed E-state index contributed by atoms with van der Waals surface area (Å²) >= 11 is 3.48. The predicted octanol–water partition coefficient (Wildman–Crippen LogP) is 3.50. The second kappa shape index (κ2) is 10.4. The van der Waals surface area contributed by atoms with Gasteiger partial charge in [-0.1, -0.05) is 53.2 Å². The van der Waals surface area contributed by atoms with Gasteiger partial charge in [-0.05, 0) is 32.8 Å². The number of alkyl halides is 1. The zero-order valence-electron chi connectivity index (χ0n) is 18.0. The number of benzene rings is 1. The molecule has 2 atom stereocenters. The Kier molecular flexibility index (Phi) is 8.43. The molecule has 0 saturated carbocycles. The number of hydrogen-bond donors (Lipinski definition) is 0. The lowest BCUT2D eigenvalue weighted by Crippen LogP contribution is -2.47. The van der Waals surface area contributed by atoms with E-state index in [9.17, 15) is 14.4 Å². The quantitative estimate of drug-likeness (QED) is 0.287. The van der Waals surface area contributed by atoms with Gasteiger partial charge in [-0.25, -0.2) is 5.06 Å². The molecule has 1 aromatic rings. The molecule has 2 rings (SSSR count). The van der Waals surface area contributed by atoms with E-state index in [1.165, 1.54) is 12.0 Å². The van der Waals surface area contributed by atoms with Gasteiger partial charge in [0.1, 0.15) is 6.61 Å². The van der Waals surface area contributed by atoms with Gasteiger partial charge in [0.05, 0.1) is 25.2 Å².